The van der Waals surface area contributed by atoms with Crippen LogP contribution in [-0.4, -0.2) is 13.1 Å². The van der Waals surface area contributed by atoms with E-state index in [0.29, 0.717) is 6.04 Å². The van der Waals surface area contributed by atoms with Crippen molar-refractivity contribution in [2.45, 2.75) is 39.2 Å². The Morgan fingerprint density at radius 3 is 2.30 bits per heavy atom. The minimum atomic E-state index is 0.540. The van der Waals surface area contributed by atoms with E-state index in [2.05, 4.69) is 74.7 Å². The van der Waals surface area contributed by atoms with Crippen LogP contribution in [0.25, 0.3) is 0 Å². The lowest BCUT2D eigenvalue weighted by atomic mass is 9.98. The van der Waals surface area contributed by atoms with Crippen molar-refractivity contribution in [3.63, 3.8) is 0 Å². The van der Waals surface area contributed by atoms with Crippen LogP contribution in [0.15, 0.2) is 48.5 Å². The molecule has 20 heavy (non-hydrogen) atoms. The molecule has 0 aliphatic heterocycles. The molecule has 0 radical (unpaired) electrons. The van der Waals surface area contributed by atoms with Gasteiger partial charge in [0.05, 0.1) is 0 Å². The third kappa shape index (κ3) is 4.50. The van der Waals surface area contributed by atoms with E-state index in [1.54, 1.807) is 0 Å². The number of rotatable bonds is 6. The predicted molar refractivity (Wildman–Crippen MR) is 87.2 cm³/mol. The van der Waals surface area contributed by atoms with E-state index in [1.807, 2.05) is 0 Å². The van der Waals surface area contributed by atoms with Crippen molar-refractivity contribution >= 4 is 0 Å². The summed E-state index contributed by atoms with van der Waals surface area (Å²) in [6, 6.07) is 18.2. The van der Waals surface area contributed by atoms with E-state index in [4.69, 9.17) is 0 Å². The lowest BCUT2D eigenvalue weighted by Crippen LogP contribution is -2.28. The van der Waals surface area contributed by atoms with Gasteiger partial charge in [-0.25, -0.2) is 0 Å². The van der Waals surface area contributed by atoms with Crippen molar-refractivity contribution in [3.05, 3.63) is 70.8 Å². The summed E-state index contributed by atoms with van der Waals surface area (Å²) in [5, 5.41) is 3.45. The zero-order valence-corrected chi connectivity index (χ0v) is 12.8. The van der Waals surface area contributed by atoms with Crippen LogP contribution in [0.2, 0.25) is 0 Å². The van der Waals surface area contributed by atoms with Gasteiger partial charge in [0, 0.05) is 6.04 Å². The SMILES string of the molecule is CNC(CCc1ccc(C)cc1)Cc1cccc(C)c1. The van der Waals surface area contributed by atoms with Crippen molar-refractivity contribution in [1.82, 2.24) is 5.32 Å². The van der Waals surface area contributed by atoms with Crippen LogP contribution in [0, 0.1) is 13.8 Å². The first-order valence-corrected chi connectivity index (χ1v) is 7.46. The fraction of sp³-hybridized carbons (Fsp3) is 0.368. The molecule has 2 aromatic rings. The summed E-state index contributed by atoms with van der Waals surface area (Å²) >= 11 is 0. The van der Waals surface area contributed by atoms with Crippen LogP contribution in [-0.2, 0) is 12.8 Å². The van der Waals surface area contributed by atoms with E-state index >= 15 is 0 Å². The van der Waals surface area contributed by atoms with Crippen molar-refractivity contribution in [2.24, 2.45) is 0 Å². The highest BCUT2D eigenvalue weighted by Crippen LogP contribution is 2.12. The van der Waals surface area contributed by atoms with Crippen LogP contribution in [0.4, 0.5) is 0 Å². The topological polar surface area (TPSA) is 12.0 Å². The molecular weight excluding hydrogens is 242 g/mol. The minimum absolute atomic E-state index is 0.540. The molecule has 0 spiro atoms. The Kier molecular flexibility index (Phi) is 5.37. The van der Waals surface area contributed by atoms with Crippen LogP contribution in [0.3, 0.4) is 0 Å². The maximum atomic E-state index is 3.45. The average Bonchev–Trinajstić information content (AvgIpc) is 2.45. The maximum absolute atomic E-state index is 3.45. The summed E-state index contributed by atoms with van der Waals surface area (Å²) in [6.45, 7) is 4.29. The van der Waals surface area contributed by atoms with Gasteiger partial charge in [0.15, 0.2) is 0 Å². The molecule has 0 fully saturated rings. The third-order valence-corrected chi connectivity index (χ3v) is 3.87. The average molecular weight is 267 g/mol. The molecule has 1 nitrogen and oxygen atoms in total. The Morgan fingerprint density at radius 2 is 1.65 bits per heavy atom. The van der Waals surface area contributed by atoms with E-state index in [0.717, 1.165) is 12.8 Å². The molecule has 0 heterocycles. The standard InChI is InChI=1S/C19H25N/c1-15-7-9-17(10-8-15)11-12-19(20-3)14-18-6-4-5-16(2)13-18/h4-10,13,19-20H,11-12,14H2,1-3H3. The highest BCUT2D eigenvalue weighted by Gasteiger charge is 2.07. The summed E-state index contributed by atoms with van der Waals surface area (Å²) < 4.78 is 0. The Labute approximate surface area is 123 Å². The van der Waals surface area contributed by atoms with E-state index in [1.165, 1.54) is 28.7 Å². The summed E-state index contributed by atoms with van der Waals surface area (Å²) in [5.41, 5.74) is 5.53. The summed E-state index contributed by atoms with van der Waals surface area (Å²) in [6.07, 6.45) is 3.41. The van der Waals surface area contributed by atoms with E-state index < -0.39 is 0 Å². The molecule has 0 aliphatic carbocycles. The number of hydrogen-bond donors (Lipinski definition) is 1. The molecule has 1 atom stereocenters. The van der Waals surface area contributed by atoms with Crippen LogP contribution >= 0.6 is 0 Å². The molecule has 0 saturated carbocycles. The van der Waals surface area contributed by atoms with Crippen LogP contribution in [0.1, 0.15) is 28.7 Å². The van der Waals surface area contributed by atoms with Gasteiger partial charge in [-0.1, -0.05) is 59.7 Å². The van der Waals surface area contributed by atoms with Gasteiger partial charge in [-0.2, -0.15) is 0 Å². The number of likely N-dealkylation sites (N-methyl/N-ethyl adjacent to an activating group) is 1. The molecule has 0 bridgehead atoms. The molecule has 1 N–H and O–H groups in total. The fourth-order valence-corrected chi connectivity index (χ4v) is 2.57. The molecular formula is C19H25N. The van der Waals surface area contributed by atoms with E-state index in [9.17, 15) is 0 Å². The number of aryl methyl sites for hydroxylation is 3. The van der Waals surface area contributed by atoms with Crippen molar-refractivity contribution < 1.29 is 0 Å². The first-order valence-electron chi connectivity index (χ1n) is 7.46. The van der Waals surface area contributed by atoms with Crippen LogP contribution < -0.4 is 5.32 Å². The van der Waals surface area contributed by atoms with E-state index in [-0.39, 0.29) is 0 Å². The second kappa shape index (κ2) is 7.25. The zero-order valence-electron chi connectivity index (χ0n) is 12.8. The molecule has 106 valence electrons. The number of benzene rings is 2. The molecule has 0 amide bonds. The van der Waals surface area contributed by atoms with Crippen molar-refractivity contribution in [3.8, 4) is 0 Å². The molecule has 1 unspecified atom stereocenters. The largest absolute Gasteiger partial charge is 0.317 e. The molecule has 2 rings (SSSR count). The summed E-state index contributed by atoms with van der Waals surface area (Å²) in [5.74, 6) is 0. The third-order valence-electron chi connectivity index (χ3n) is 3.87. The monoisotopic (exact) mass is 267 g/mol. The number of hydrogen-bond acceptors (Lipinski definition) is 1. The Balaban J connectivity index is 1.90. The number of nitrogens with one attached hydrogen (secondary N) is 1. The lowest BCUT2D eigenvalue weighted by Gasteiger charge is -2.16. The van der Waals surface area contributed by atoms with Gasteiger partial charge >= 0.3 is 0 Å². The smallest absolute Gasteiger partial charge is 0.0108 e. The Morgan fingerprint density at radius 1 is 0.900 bits per heavy atom. The first kappa shape index (κ1) is 14.8. The normalized spacial score (nSPS) is 12.3. The minimum Gasteiger partial charge on any atom is -0.317 e. The molecule has 0 aromatic heterocycles. The van der Waals surface area contributed by atoms with Gasteiger partial charge in [0.1, 0.15) is 0 Å². The first-order chi connectivity index (χ1) is 9.67. The van der Waals surface area contributed by atoms with Gasteiger partial charge in [-0.15, -0.1) is 0 Å². The predicted octanol–water partition coefficient (Wildman–Crippen LogP) is 4.07. The van der Waals surface area contributed by atoms with Crippen molar-refractivity contribution in [2.75, 3.05) is 7.05 Å². The van der Waals surface area contributed by atoms with Gasteiger partial charge in [0.25, 0.3) is 0 Å². The van der Waals surface area contributed by atoms with Crippen molar-refractivity contribution in [1.29, 1.82) is 0 Å². The zero-order chi connectivity index (χ0) is 14.4. The molecule has 0 aliphatic rings. The quantitative estimate of drug-likeness (QED) is 0.832. The van der Waals surface area contributed by atoms with Gasteiger partial charge in [0.2, 0.25) is 0 Å². The van der Waals surface area contributed by atoms with Gasteiger partial charge in [-0.05, 0) is 51.3 Å². The van der Waals surface area contributed by atoms with Gasteiger partial charge in [-0.3, -0.25) is 0 Å². The maximum Gasteiger partial charge on any atom is 0.0108 e. The highest BCUT2D eigenvalue weighted by atomic mass is 14.9. The van der Waals surface area contributed by atoms with Gasteiger partial charge < -0.3 is 5.32 Å². The molecule has 1 heteroatoms. The lowest BCUT2D eigenvalue weighted by molar-refractivity contribution is 0.520. The Bertz CT molecular complexity index is 528. The molecule has 2 aromatic carbocycles. The van der Waals surface area contributed by atoms with Crippen LogP contribution in [0.5, 0.6) is 0 Å². The Hall–Kier alpha value is -1.60. The fourth-order valence-electron chi connectivity index (χ4n) is 2.57. The highest BCUT2D eigenvalue weighted by molar-refractivity contribution is 5.24. The molecule has 0 saturated heterocycles. The second-order valence-electron chi connectivity index (χ2n) is 5.70. The summed E-state index contributed by atoms with van der Waals surface area (Å²) in [7, 11) is 2.07. The second-order valence-corrected chi connectivity index (χ2v) is 5.70. The summed E-state index contributed by atoms with van der Waals surface area (Å²) in [4.78, 5) is 0.